The molecule has 2 aromatic rings. The Morgan fingerprint density at radius 1 is 1.11 bits per heavy atom. The summed E-state index contributed by atoms with van der Waals surface area (Å²) in [6.07, 6.45) is 4.57. The lowest BCUT2D eigenvalue weighted by Crippen LogP contribution is -2.09. The van der Waals surface area contributed by atoms with Crippen LogP contribution in [0.3, 0.4) is 0 Å². The molecule has 1 aromatic heterocycles. The monoisotopic (exact) mass is 292 g/mol. The molecule has 1 aromatic carbocycles. The number of nitrogens with zero attached hydrogens (tertiary/aromatic N) is 1. The van der Waals surface area contributed by atoms with Crippen molar-refractivity contribution in [2.24, 2.45) is 0 Å². The molecule has 96 valence electrons. The average Bonchev–Trinajstić information content (AvgIpc) is 2.40. The normalized spacial score (nSPS) is 10.6. The lowest BCUT2D eigenvalue weighted by molar-refractivity contribution is -0.111. The van der Waals surface area contributed by atoms with Gasteiger partial charge in [0.2, 0.25) is 5.91 Å². The summed E-state index contributed by atoms with van der Waals surface area (Å²) in [6, 6.07) is 10.6. The fraction of sp³-hybridized carbons (Fsp3) is 0. The first-order chi connectivity index (χ1) is 9.16. The van der Waals surface area contributed by atoms with Crippen LogP contribution < -0.4 is 5.32 Å². The molecule has 19 heavy (non-hydrogen) atoms. The number of amides is 1. The first-order valence-electron chi connectivity index (χ1n) is 5.51. The third-order valence-electron chi connectivity index (χ3n) is 2.32. The van der Waals surface area contributed by atoms with E-state index in [0.29, 0.717) is 15.9 Å². The molecule has 3 nitrogen and oxygen atoms in total. The Labute approximate surface area is 120 Å². The van der Waals surface area contributed by atoms with E-state index in [1.165, 1.54) is 6.08 Å². The first kappa shape index (κ1) is 13.6. The third kappa shape index (κ3) is 3.81. The van der Waals surface area contributed by atoms with E-state index in [1.54, 1.807) is 30.5 Å². The van der Waals surface area contributed by atoms with Crippen LogP contribution in [-0.2, 0) is 4.79 Å². The number of pyridine rings is 1. The van der Waals surface area contributed by atoms with Crippen LogP contribution in [0.2, 0.25) is 10.0 Å². The van der Waals surface area contributed by atoms with Gasteiger partial charge < -0.3 is 5.32 Å². The van der Waals surface area contributed by atoms with Crippen LogP contribution in [0.25, 0.3) is 6.08 Å². The molecule has 2 rings (SSSR count). The average molecular weight is 293 g/mol. The second-order valence-corrected chi connectivity index (χ2v) is 4.49. The molecule has 0 aliphatic heterocycles. The Hall–Kier alpha value is -1.84. The van der Waals surface area contributed by atoms with E-state index in [0.717, 1.165) is 5.56 Å². The molecule has 1 amide bonds. The zero-order chi connectivity index (χ0) is 13.7. The van der Waals surface area contributed by atoms with Crippen molar-refractivity contribution in [3.63, 3.8) is 0 Å². The number of benzene rings is 1. The van der Waals surface area contributed by atoms with E-state index < -0.39 is 0 Å². The van der Waals surface area contributed by atoms with Gasteiger partial charge in [-0.25, -0.2) is 4.98 Å². The van der Waals surface area contributed by atoms with E-state index in [4.69, 9.17) is 23.2 Å². The predicted octanol–water partition coefficient (Wildman–Crippen LogP) is 4.04. The number of anilines is 1. The maximum atomic E-state index is 11.7. The highest BCUT2D eigenvalue weighted by Gasteiger charge is 2.03. The number of rotatable bonds is 3. The second kappa shape index (κ2) is 6.36. The zero-order valence-corrected chi connectivity index (χ0v) is 11.3. The van der Waals surface area contributed by atoms with E-state index in [-0.39, 0.29) is 5.91 Å². The van der Waals surface area contributed by atoms with Gasteiger partial charge in [0.25, 0.3) is 0 Å². The van der Waals surface area contributed by atoms with Gasteiger partial charge in [0.1, 0.15) is 0 Å². The van der Waals surface area contributed by atoms with Gasteiger partial charge in [0.05, 0.1) is 5.02 Å². The predicted molar refractivity (Wildman–Crippen MR) is 78.4 cm³/mol. The molecule has 0 unspecified atom stereocenters. The topological polar surface area (TPSA) is 42.0 Å². The summed E-state index contributed by atoms with van der Waals surface area (Å²) in [4.78, 5) is 15.7. The lowest BCUT2D eigenvalue weighted by Gasteiger charge is -2.02. The third-order valence-corrected chi connectivity index (χ3v) is 2.97. The Morgan fingerprint density at radius 3 is 2.58 bits per heavy atom. The van der Waals surface area contributed by atoms with Crippen LogP contribution in [0, 0.1) is 0 Å². The summed E-state index contributed by atoms with van der Waals surface area (Å²) < 4.78 is 0. The van der Waals surface area contributed by atoms with Gasteiger partial charge in [-0.3, -0.25) is 4.79 Å². The highest BCUT2D eigenvalue weighted by atomic mass is 35.5. The molecule has 0 radical (unpaired) electrons. The van der Waals surface area contributed by atoms with Crippen molar-refractivity contribution in [3.05, 3.63) is 64.3 Å². The molecule has 0 fully saturated rings. The molecule has 0 saturated carbocycles. The van der Waals surface area contributed by atoms with E-state index >= 15 is 0 Å². The first-order valence-corrected chi connectivity index (χ1v) is 6.26. The van der Waals surface area contributed by atoms with Crippen LogP contribution in [0.5, 0.6) is 0 Å². The minimum Gasteiger partial charge on any atom is -0.306 e. The Morgan fingerprint density at radius 2 is 1.84 bits per heavy atom. The van der Waals surface area contributed by atoms with Crippen molar-refractivity contribution in [2.45, 2.75) is 0 Å². The van der Waals surface area contributed by atoms with Crippen LogP contribution >= 0.6 is 23.2 Å². The Bertz CT molecular complexity index is 626. The fourth-order valence-corrected chi connectivity index (χ4v) is 1.78. The molecule has 0 bridgehead atoms. The number of hydrogen-bond acceptors (Lipinski definition) is 2. The minimum absolute atomic E-state index is 0.319. The molecule has 0 saturated heterocycles. The van der Waals surface area contributed by atoms with Crippen LogP contribution in [0.4, 0.5) is 5.82 Å². The number of aromatic nitrogens is 1. The number of halogens is 2. The number of hydrogen-bond donors (Lipinski definition) is 1. The summed E-state index contributed by atoms with van der Waals surface area (Å²) in [5, 5.41) is 3.56. The molecule has 1 heterocycles. The highest BCUT2D eigenvalue weighted by molar-refractivity contribution is 6.33. The SMILES string of the molecule is O=C(C=Cc1ccccc1Cl)Nc1ncccc1Cl. The van der Waals surface area contributed by atoms with Gasteiger partial charge in [-0.15, -0.1) is 0 Å². The van der Waals surface area contributed by atoms with E-state index in [2.05, 4.69) is 10.3 Å². The van der Waals surface area contributed by atoms with Gasteiger partial charge >= 0.3 is 0 Å². The zero-order valence-electron chi connectivity index (χ0n) is 9.81. The van der Waals surface area contributed by atoms with Crippen LogP contribution in [0.15, 0.2) is 48.7 Å². The van der Waals surface area contributed by atoms with Gasteiger partial charge in [-0.2, -0.15) is 0 Å². The van der Waals surface area contributed by atoms with Crippen LogP contribution in [0.1, 0.15) is 5.56 Å². The van der Waals surface area contributed by atoms with Crippen molar-refractivity contribution >= 4 is 41.0 Å². The fourth-order valence-electron chi connectivity index (χ4n) is 1.41. The van der Waals surface area contributed by atoms with E-state index in [9.17, 15) is 4.79 Å². The van der Waals surface area contributed by atoms with Gasteiger partial charge in [0, 0.05) is 17.3 Å². The maximum Gasteiger partial charge on any atom is 0.249 e. The molecule has 0 aliphatic carbocycles. The summed E-state index contributed by atoms with van der Waals surface area (Å²) in [6.45, 7) is 0. The Kier molecular flexibility index (Phi) is 4.55. The van der Waals surface area contributed by atoms with Crippen molar-refractivity contribution in [1.29, 1.82) is 0 Å². The summed E-state index contributed by atoms with van der Waals surface area (Å²) in [5.74, 6) is 0.0125. The number of carbonyl (C=O) groups excluding carboxylic acids is 1. The van der Waals surface area contributed by atoms with Crippen LogP contribution in [-0.4, -0.2) is 10.9 Å². The van der Waals surface area contributed by atoms with Crippen molar-refractivity contribution in [2.75, 3.05) is 5.32 Å². The van der Waals surface area contributed by atoms with Crippen molar-refractivity contribution in [1.82, 2.24) is 4.98 Å². The summed E-state index contributed by atoms with van der Waals surface area (Å²) >= 11 is 11.9. The standard InChI is InChI=1S/C14H10Cl2N2O/c15-11-5-2-1-4-10(11)7-8-13(19)18-14-12(16)6-3-9-17-14/h1-9H,(H,17,18,19). The quantitative estimate of drug-likeness (QED) is 0.868. The van der Waals surface area contributed by atoms with Gasteiger partial charge in [0.15, 0.2) is 5.82 Å². The van der Waals surface area contributed by atoms with Gasteiger partial charge in [-0.05, 0) is 29.8 Å². The summed E-state index contributed by atoms with van der Waals surface area (Å²) in [7, 11) is 0. The molecule has 0 aliphatic rings. The molecule has 0 atom stereocenters. The second-order valence-electron chi connectivity index (χ2n) is 3.68. The summed E-state index contributed by atoms with van der Waals surface area (Å²) in [5.41, 5.74) is 0.770. The largest absolute Gasteiger partial charge is 0.306 e. The van der Waals surface area contributed by atoms with Crippen molar-refractivity contribution in [3.8, 4) is 0 Å². The highest BCUT2D eigenvalue weighted by Crippen LogP contribution is 2.18. The maximum absolute atomic E-state index is 11.7. The minimum atomic E-state index is -0.319. The molecular weight excluding hydrogens is 283 g/mol. The van der Waals surface area contributed by atoms with Crippen molar-refractivity contribution < 1.29 is 4.79 Å². The number of nitrogens with one attached hydrogen (secondary N) is 1. The molecule has 0 spiro atoms. The molecule has 5 heteroatoms. The van der Waals surface area contributed by atoms with E-state index in [1.807, 2.05) is 18.2 Å². The molecule has 1 N–H and O–H groups in total. The molecular formula is C14H10Cl2N2O. The lowest BCUT2D eigenvalue weighted by atomic mass is 10.2. The Balaban J connectivity index is 2.06. The van der Waals surface area contributed by atoms with Gasteiger partial charge in [-0.1, -0.05) is 41.4 Å². The smallest absolute Gasteiger partial charge is 0.249 e. The number of carbonyl (C=O) groups is 1.